The first-order valence-corrected chi connectivity index (χ1v) is 13.8. The average Bonchev–Trinajstić information content (AvgIpc) is 3.00. The molecule has 0 unspecified atom stereocenters. The summed E-state index contributed by atoms with van der Waals surface area (Å²) in [5.74, 6) is 0.356. The molecule has 10 nitrogen and oxygen atoms in total. The van der Waals surface area contributed by atoms with E-state index in [9.17, 15) is 18.8 Å². The van der Waals surface area contributed by atoms with Crippen molar-refractivity contribution in [3.63, 3.8) is 0 Å². The van der Waals surface area contributed by atoms with Crippen molar-refractivity contribution in [2.45, 2.75) is 44.9 Å². The van der Waals surface area contributed by atoms with Crippen molar-refractivity contribution in [1.29, 1.82) is 5.26 Å². The number of aromatic nitrogens is 3. The van der Waals surface area contributed by atoms with Crippen LogP contribution >= 0.6 is 0 Å². The molecule has 1 saturated carbocycles. The second kappa shape index (κ2) is 12.7. The summed E-state index contributed by atoms with van der Waals surface area (Å²) < 4.78 is 32.8. The fourth-order valence-electron chi connectivity index (χ4n) is 5.68. The molecule has 1 aliphatic carbocycles. The van der Waals surface area contributed by atoms with Crippen molar-refractivity contribution < 1.29 is 18.4 Å². The first kappa shape index (κ1) is 28.6. The molecule has 0 bridgehead atoms. The topological polar surface area (TPSA) is 109 Å². The van der Waals surface area contributed by atoms with E-state index in [4.69, 9.17) is 4.74 Å². The largest absolute Gasteiger partial charge is 0.407 e. The first-order valence-electron chi connectivity index (χ1n) is 13.8. The summed E-state index contributed by atoms with van der Waals surface area (Å²) in [7, 11) is 3.49. The molecule has 2 fully saturated rings. The Morgan fingerprint density at radius 1 is 1.15 bits per heavy atom. The monoisotopic (exact) mass is 565 g/mol. The maximum atomic E-state index is 13.0. The van der Waals surface area contributed by atoms with Crippen LogP contribution in [0.1, 0.15) is 42.5 Å². The summed E-state index contributed by atoms with van der Waals surface area (Å²) >= 11 is 0. The molecule has 2 aromatic heterocycles. The zero-order chi connectivity index (χ0) is 28.9. The van der Waals surface area contributed by atoms with Crippen LogP contribution in [-0.2, 0) is 23.2 Å². The van der Waals surface area contributed by atoms with Gasteiger partial charge in [0, 0.05) is 45.7 Å². The Kier molecular flexibility index (Phi) is 8.85. The summed E-state index contributed by atoms with van der Waals surface area (Å²) in [6.45, 7) is 1.01. The highest BCUT2D eigenvalue weighted by Crippen LogP contribution is 2.33. The fourth-order valence-corrected chi connectivity index (χ4v) is 5.68. The Bertz CT molecular complexity index is 1490. The molecule has 0 N–H and O–H groups in total. The van der Waals surface area contributed by atoms with Gasteiger partial charge in [-0.1, -0.05) is 29.4 Å². The van der Waals surface area contributed by atoms with Crippen LogP contribution in [0.2, 0.25) is 0 Å². The number of benzene rings is 1. The van der Waals surface area contributed by atoms with Crippen molar-refractivity contribution in [2.24, 2.45) is 18.1 Å². The number of nitrogens with zero attached hydrogens (tertiary/aromatic N) is 7. The van der Waals surface area contributed by atoms with E-state index in [0.29, 0.717) is 35.4 Å². The first-order chi connectivity index (χ1) is 19.8. The van der Waals surface area contributed by atoms with Gasteiger partial charge in [-0.05, 0) is 48.9 Å². The van der Waals surface area contributed by atoms with Crippen LogP contribution in [0.25, 0.3) is 11.0 Å². The van der Waals surface area contributed by atoms with E-state index in [0.717, 1.165) is 56.8 Å². The molecule has 1 aromatic carbocycles. The maximum absolute atomic E-state index is 13.0. The number of hydrogen-bond acceptors (Lipinski definition) is 9. The zero-order valence-electron chi connectivity index (χ0n) is 23.2. The second-order valence-electron chi connectivity index (χ2n) is 10.5. The van der Waals surface area contributed by atoms with Gasteiger partial charge in [0.1, 0.15) is 17.3 Å². The highest BCUT2D eigenvalue weighted by molar-refractivity contribution is 6.02. The molecule has 0 spiro atoms. The minimum atomic E-state index is -3.00. The second-order valence-corrected chi connectivity index (χ2v) is 10.5. The van der Waals surface area contributed by atoms with Crippen LogP contribution in [0.15, 0.2) is 46.3 Å². The molecular weight excluding hydrogens is 532 g/mol. The lowest BCUT2D eigenvalue weighted by atomic mass is 9.80. The predicted octanol–water partition coefficient (Wildman–Crippen LogP) is 3.67. The smallest absolute Gasteiger partial charge is 0.379 e. The van der Waals surface area contributed by atoms with E-state index in [-0.39, 0.29) is 17.7 Å². The number of rotatable bonds is 8. The SMILES string of the molecule is CN(c1nc(=O)n(C)c2ccc(C#N)nc12)C1CCC(/C(=N/OC(F)F)c2ccc(CN3CCOCC3)cc2)CC1. The van der Waals surface area contributed by atoms with Gasteiger partial charge in [0.25, 0.3) is 0 Å². The third-order valence-corrected chi connectivity index (χ3v) is 8.01. The number of aryl methyl sites for hydroxylation is 1. The number of morpholine rings is 1. The van der Waals surface area contributed by atoms with Gasteiger partial charge >= 0.3 is 12.3 Å². The number of nitriles is 1. The normalized spacial score (nSPS) is 20.2. The average molecular weight is 566 g/mol. The summed E-state index contributed by atoms with van der Waals surface area (Å²) in [5, 5.41) is 13.3. The number of ether oxygens (including phenoxy) is 1. The van der Waals surface area contributed by atoms with Crippen LogP contribution in [0.5, 0.6) is 0 Å². The molecule has 0 amide bonds. The van der Waals surface area contributed by atoms with Gasteiger partial charge in [0.05, 0.1) is 24.4 Å². The number of hydrogen-bond donors (Lipinski definition) is 0. The number of oxime groups is 1. The van der Waals surface area contributed by atoms with Crippen molar-refractivity contribution in [1.82, 2.24) is 19.4 Å². The van der Waals surface area contributed by atoms with Gasteiger partial charge in [-0.25, -0.2) is 9.78 Å². The minimum absolute atomic E-state index is 0.0368. The molecule has 1 saturated heterocycles. The van der Waals surface area contributed by atoms with Crippen LogP contribution < -0.4 is 10.6 Å². The number of halogens is 2. The quantitative estimate of drug-likeness (QED) is 0.301. The maximum Gasteiger partial charge on any atom is 0.407 e. The van der Waals surface area contributed by atoms with Crippen LogP contribution in [0.4, 0.5) is 14.6 Å². The van der Waals surface area contributed by atoms with Gasteiger partial charge < -0.3 is 14.5 Å². The van der Waals surface area contributed by atoms with Gasteiger partial charge in [0.2, 0.25) is 0 Å². The van der Waals surface area contributed by atoms with Gasteiger partial charge in [0.15, 0.2) is 5.82 Å². The van der Waals surface area contributed by atoms with E-state index in [2.05, 4.69) is 24.9 Å². The highest BCUT2D eigenvalue weighted by atomic mass is 19.3. The predicted molar refractivity (Wildman–Crippen MR) is 150 cm³/mol. The summed E-state index contributed by atoms with van der Waals surface area (Å²) in [4.78, 5) is 30.0. The molecular formula is C29H33F2N7O3. The lowest BCUT2D eigenvalue weighted by Gasteiger charge is -2.35. The van der Waals surface area contributed by atoms with E-state index in [1.54, 1.807) is 19.2 Å². The number of alkyl halides is 2. The molecule has 1 aliphatic heterocycles. The van der Waals surface area contributed by atoms with Crippen LogP contribution in [0.3, 0.4) is 0 Å². The molecule has 0 atom stereocenters. The summed E-state index contributed by atoms with van der Waals surface area (Å²) in [5.41, 5.74) is 3.33. The van der Waals surface area contributed by atoms with E-state index in [1.807, 2.05) is 42.3 Å². The zero-order valence-corrected chi connectivity index (χ0v) is 23.2. The number of fused-ring (bicyclic) bond motifs is 1. The van der Waals surface area contributed by atoms with Gasteiger partial charge in [-0.3, -0.25) is 9.47 Å². The van der Waals surface area contributed by atoms with Crippen LogP contribution in [0, 0.1) is 17.2 Å². The van der Waals surface area contributed by atoms with Crippen LogP contribution in [-0.4, -0.2) is 71.2 Å². The molecule has 2 aliphatic rings. The molecule has 3 heterocycles. The van der Waals surface area contributed by atoms with Gasteiger partial charge in [-0.2, -0.15) is 19.0 Å². The lowest BCUT2D eigenvalue weighted by Crippen LogP contribution is -2.39. The third kappa shape index (κ3) is 6.52. The van der Waals surface area contributed by atoms with Crippen molar-refractivity contribution in [2.75, 3.05) is 38.3 Å². The lowest BCUT2D eigenvalue weighted by molar-refractivity contribution is -0.128. The Balaban J connectivity index is 1.32. The van der Waals surface area contributed by atoms with Crippen molar-refractivity contribution >= 4 is 22.6 Å². The summed E-state index contributed by atoms with van der Waals surface area (Å²) in [6, 6.07) is 13.2. The Hall–Kier alpha value is -3.95. The number of pyridine rings is 1. The Labute approximate surface area is 236 Å². The third-order valence-electron chi connectivity index (χ3n) is 8.01. The molecule has 5 rings (SSSR count). The Morgan fingerprint density at radius 2 is 1.85 bits per heavy atom. The molecule has 41 heavy (non-hydrogen) atoms. The molecule has 0 radical (unpaired) electrons. The van der Waals surface area contributed by atoms with E-state index < -0.39 is 12.3 Å². The Morgan fingerprint density at radius 3 is 2.51 bits per heavy atom. The number of anilines is 1. The van der Waals surface area contributed by atoms with Crippen molar-refractivity contribution in [3.8, 4) is 6.07 Å². The highest BCUT2D eigenvalue weighted by Gasteiger charge is 2.30. The van der Waals surface area contributed by atoms with E-state index >= 15 is 0 Å². The fraction of sp³-hybridized carbons (Fsp3) is 0.483. The van der Waals surface area contributed by atoms with Crippen molar-refractivity contribution in [3.05, 3.63) is 63.7 Å². The molecule has 216 valence electrons. The molecule has 12 heteroatoms. The minimum Gasteiger partial charge on any atom is -0.379 e. The summed E-state index contributed by atoms with van der Waals surface area (Å²) in [6.07, 6.45) is 2.83. The van der Waals surface area contributed by atoms with Gasteiger partial charge in [-0.15, -0.1) is 0 Å². The molecule has 3 aromatic rings. The van der Waals surface area contributed by atoms with E-state index in [1.165, 1.54) is 4.57 Å². The standard InChI is InChI=1S/C29H33F2N7O3/c1-36(27-26-24(37(2)29(39)34-27)12-9-22(17-32)33-26)23-10-7-21(8-11-23)25(35-41-28(30)31)20-5-3-19(4-6-20)18-38-13-15-40-16-14-38/h3-6,9,12,21,23,28H,7-8,10-11,13-16,18H2,1-2H3/b35-25+.